The molecule has 0 radical (unpaired) electrons. The van der Waals surface area contributed by atoms with Crippen molar-refractivity contribution in [3.8, 4) is 22.9 Å². The highest BCUT2D eigenvalue weighted by molar-refractivity contribution is 5.86. The summed E-state index contributed by atoms with van der Waals surface area (Å²) in [4.78, 5) is 32.3. The zero-order chi connectivity index (χ0) is 28.5. The van der Waals surface area contributed by atoms with Crippen molar-refractivity contribution in [3.05, 3.63) is 74.8 Å². The van der Waals surface area contributed by atoms with Gasteiger partial charge in [-0.05, 0) is 19.1 Å². The van der Waals surface area contributed by atoms with Gasteiger partial charge in [-0.15, -0.1) is 0 Å². The van der Waals surface area contributed by atoms with Crippen molar-refractivity contribution in [1.29, 1.82) is 0 Å². The van der Waals surface area contributed by atoms with E-state index in [4.69, 9.17) is 9.47 Å². The molecule has 0 saturated carbocycles. The molecule has 0 bridgehead atoms. The van der Waals surface area contributed by atoms with Crippen molar-refractivity contribution in [2.24, 2.45) is 0 Å². The molecule has 2 atom stereocenters. The molecule has 3 heterocycles. The molecule has 1 aromatic carbocycles. The van der Waals surface area contributed by atoms with Gasteiger partial charge in [0.15, 0.2) is 22.9 Å². The molecule has 206 valence electrons. The summed E-state index contributed by atoms with van der Waals surface area (Å²) in [6.07, 6.45) is -4.74. The van der Waals surface area contributed by atoms with E-state index in [1.165, 1.54) is 26.4 Å². The third kappa shape index (κ3) is 5.86. The number of benzene rings is 1. The molecule has 0 saturated heterocycles. The van der Waals surface area contributed by atoms with E-state index in [1.807, 2.05) is 0 Å². The molecule has 0 fully saturated rings. The first-order valence-electron chi connectivity index (χ1n) is 11.2. The molecule has 1 N–H and O–H groups in total. The summed E-state index contributed by atoms with van der Waals surface area (Å²) in [5, 5.41) is 4.29. The van der Waals surface area contributed by atoms with E-state index >= 15 is 0 Å². The van der Waals surface area contributed by atoms with Crippen molar-refractivity contribution < 1.29 is 35.8 Å². The highest BCUT2D eigenvalue weighted by atomic mass is 19.4. The second-order valence-electron chi connectivity index (χ2n) is 8.46. The molecule has 0 spiro atoms. The first kappa shape index (κ1) is 27.6. The van der Waals surface area contributed by atoms with Crippen LogP contribution >= 0.6 is 0 Å². The summed E-state index contributed by atoms with van der Waals surface area (Å²) in [5.41, 5.74) is -4.24. The summed E-state index contributed by atoms with van der Waals surface area (Å²) in [5.74, 6) is -2.55. The summed E-state index contributed by atoms with van der Waals surface area (Å²) in [6.45, 7) is 0.542. The number of aromatic nitrogens is 5. The molecular weight excluding hydrogens is 536 g/mol. The van der Waals surface area contributed by atoms with Crippen LogP contribution in [0.2, 0.25) is 0 Å². The van der Waals surface area contributed by atoms with Crippen molar-refractivity contribution in [2.45, 2.75) is 38.3 Å². The Morgan fingerprint density at radius 1 is 1.05 bits per heavy atom. The molecule has 4 rings (SSSR count). The van der Waals surface area contributed by atoms with Crippen LogP contribution in [-0.4, -0.2) is 44.1 Å². The van der Waals surface area contributed by atoms with Crippen LogP contribution in [-0.2, 0) is 12.7 Å². The van der Waals surface area contributed by atoms with Crippen molar-refractivity contribution >= 4 is 10.8 Å². The first-order valence-corrected chi connectivity index (χ1v) is 11.2. The maximum absolute atomic E-state index is 14.9. The number of ether oxygens (including phenoxy) is 2. The minimum Gasteiger partial charge on any atom is -0.494 e. The lowest BCUT2D eigenvalue weighted by Gasteiger charge is -2.19. The van der Waals surface area contributed by atoms with Crippen LogP contribution in [0, 0.1) is 11.6 Å². The SMILES string of the molecule is COc1cnc(-c2cc3c(F)cn(C[C@@H](F)C[C@H](C)Oc4cn[nH]c(=O)c4C(F)(F)F)c(=O)c3cc2F)nc1. The maximum atomic E-state index is 14.9. The number of nitrogens with one attached hydrogen (secondary N) is 1. The molecule has 9 nitrogen and oxygen atoms in total. The highest BCUT2D eigenvalue weighted by Crippen LogP contribution is 2.33. The monoisotopic (exact) mass is 555 g/mol. The lowest BCUT2D eigenvalue weighted by Crippen LogP contribution is -2.29. The Bertz CT molecular complexity index is 1620. The van der Waals surface area contributed by atoms with E-state index in [0.717, 1.165) is 18.3 Å². The number of hydrogen-bond donors (Lipinski definition) is 1. The van der Waals surface area contributed by atoms with Gasteiger partial charge in [-0.2, -0.15) is 18.3 Å². The topological polar surface area (TPSA) is 112 Å². The Labute approximate surface area is 215 Å². The molecule has 0 unspecified atom stereocenters. The van der Waals surface area contributed by atoms with E-state index < -0.39 is 65.5 Å². The molecular formula is C24H19F6N5O4. The van der Waals surface area contributed by atoms with Gasteiger partial charge in [-0.3, -0.25) is 9.59 Å². The van der Waals surface area contributed by atoms with E-state index in [9.17, 15) is 35.9 Å². The minimum atomic E-state index is -5.05. The number of fused-ring (bicyclic) bond motifs is 1. The molecule has 4 aromatic rings. The third-order valence-corrected chi connectivity index (χ3v) is 5.65. The molecule has 0 aliphatic heterocycles. The summed E-state index contributed by atoms with van der Waals surface area (Å²) < 4.78 is 94.9. The van der Waals surface area contributed by atoms with Gasteiger partial charge in [0.25, 0.3) is 11.1 Å². The molecule has 39 heavy (non-hydrogen) atoms. The Hall–Kier alpha value is -4.43. The zero-order valence-electron chi connectivity index (χ0n) is 20.2. The van der Waals surface area contributed by atoms with Gasteiger partial charge in [0.05, 0.1) is 49.3 Å². The predicted molar refractivity (Wildman–Crippen MR) is 125 cm³/mol. The van der Waals surface area contributed by atoms with Gasteiger partial charge in [0, 0.05) is 18.0 Å². The summed E-state index contributed by atoms with van der Waals surface area (Å²) in [6, 6.07) is 1.85. The minimum absolute atomic E-state index is 0.0825. The maximum Gasteiger partial charge on any atom is 0.425 e. The average molecular weight is 555 g/mol. The Morgan fingerprint density at radius 3 is 2.38 bits per heavy atom. The van der Waals surface area contributed by atoms with Gasteiger partial charge in [-0.25, -0.2) is 28.2 Å². The fourth-order valence-electron chi connectivity index (χ4n) is 3.89. The second kappa shape index (κ2) is 10.7. The van der Waals surface area contributed by atoms with Crippen molar-refractivity contribution in [3.63, 3.8) is 0 Å². The standard InChI is InChI=1S/C24H19F6N5O4/c1-11(39-19-8-33-34-22(36)20(19)24(28,29)30)3-12(25)9-35-10-18(27)14-4-16(17(26)5-15(14)23(35)37)21-31-6-13(38-2)7-32-21/h4-8,10-12H,3,9H2,1-2H3,(H,34,36)/t11-,12-/m0/s1. The smallest absolute Gasteiger partial charge is 0.425 e. The van der Waals surface area contributed by atoms with E-state index in [1.54, 1.807) is 5.10 Å². The Kier molecular flexibility index (Phi) is 7.60. The number of nitrogens with zero attached hydrogens (tertiary/aromatic N) is 4. The lowest BCUT2D eigenvalue weighted by atomic mass is 10.1. The van der Waals surface area contributed by atoms with Gasteiger partial charge < -0.3 is 14.0 Å². The van der Waals surface area contributed by atoms with Gasteiger partial charge in [-0.1, -0.05) is 0 Å². The molecule has 3 aromatic heterocycles. The van der Waals surface area contributed by atoms with Crippen LogP contribution in [0.3, 0.4) is 0 Å². The first-order chi connectivity index (χ1) is 18.4. The number of methoxy groups -OCH3 is 1. The number of hydrogen-bond acceptors (Lipinski definition) is 7. The Balaban J connectivity index is 1.55. The lowest BCUT2D eigenvalue weighted by molar-refractivity contribution is -0.140. The number of H-pyrrole nitrogens is 1. The van der Waals surface area contributed by atoms with Crippen LogP contribution in [0.5, 0.6) is 11.5 Å². The number of alkyl halides is 4. The van der Waals surface area contributed by atoms with Gasteiger partial charge in [0.2, 0.25) is 0 Å². The van der Waals surface area contributed by atoms with Gasteiger partial charge in [0.1, 0.15) is 17.8 Å². The summed E-state index contributed by atoms with van der Waals surface area (Å²) >= 11 is 0. The van der Waals surface area contributed by atoms with Gasteiger partial charge >= 0.3 is 6.18 Å². The van der Waals surface area contributed by atoms with E-state index in [0.29, 0.717) is 16.5 Å². The van der Waals surface area contributed by atoms with Crippen LogP contribution in [0.1, 0.15) is 18.9 Å². The Morgan fingerprint density at radius 2 is 1.74 bits per heavy atom. The second-order valence-corrected chi connectivity index (χ2v) is 8.46. The number of pyridine rings is 1. The molecule has 0 aliphatic carbocycles. The van der Waals surface area contributed by atoms with E-state index in [-0.39, 0.29) is 22.2 Å². The van der Waals surface area contributed by atoms with Crippen molar-refractivity contribution in [2.75, 3.05) is 7.11 Å². The summed E-state index contributed by atoms with van der Waals surface area (Å²) in [7, 11) is 1.39. The number of aromatic amines is 1. The largest absolute Gasteiger partial charge is 0.494 e. The third-order valence-electron chi connectivity index (χ3n) is 5.65. The van der Waals surface area contributed by atoms with E-state index in [2.05, 4.69) is 15.1 Å². The van der Waals surface area contributed by atoms with Crippen LogP contribution in [0.15, 0.2) is 46.5 Å². The van der Waals surface area contributed by atoms with Crippen LogP contribution in [0.25, 0.3) is 22.2 Å². The highest BCUT2D eigenvalue weighted by Gasteiger charge is 2.38. The number of halogens is 6. The fraction of sp³-hybridized carbons (Fsp3) is 0.292. The molecule has 15 heteroatoms. The van der Waals surface area contributed by atoms with Crippen LogP contribution in [0.4, 0.5) is 26.3 Å². The molecule has 0 amide bonds. The zero-order valence-corrected chi connectivity index (χ0v) is 20.2. The average Bonchev–Trinajstić information content (AvgIpc) is 2.86. The van der Waals surface area contributed by atoms with Crippen molar-refractivity contribution in [1.82, 2.24) is 24.7 Å². The number of rotatable bonds is 8. The predicted octanol–water partition coefficient (Wildman–Crippen LogP) is 4.04. The molecule has 0 aliphatic rings. The van der Waals surface area contributed by atoms with Crippen LogP contribution < -0.4 is 20.6 Å². The quantitative estimate of drug-likeness (QED) is 0.327. The normalized spacial score (nSPS) is 13.3. The fourth-order valence-corrected chi connectivity index (χ4v) is 3.89.